The first kappa shape index (κ1) is 13.2. The van der Waals surface area contributed by atoms with Gasteiger partial charge in [0.05, 0.1) is 0 Å². The number of aromatic nitrogens is 1. The Balaban J connectivity index is 1.96. The van der Waals surface area contributed by atoms with Gasteiger partial charge in [0, 0.05) is 24.0 Å². The summed E-state index contributed by atoms with van der Waals surface area (Å²) >= 11 is 0. The second-order valence-corrected chi connectivity index (χ2v) is 5.78. The van der Waals surface area contributed by atoms with Crippen molar-refractivity contribution in [2.45, 2.75) is 33.2 Å². The maximum atomic E-state index is 9.39. The SMILES string of the molecule is Cc1ccc2c(cc(C#N)n2CCN2CCCC2)c1C. The van der Waals surface area contributed by atoms with Crippen molar-refractivity contribution in [3.63, 3.8) is 0 Å². The number of likely N-dealkylation sites (tertiary alicyclic amines) is 1. The molecule has 0 amide bonds. The third-order valence-electron chi connectivity index (χ3n) is 4.58. The van der Waals surface area contributed by atoms with Crippen LogP contribution in [0.2, 0.25) is 0 Å². The van der Waals surface area contributed by atoms with E-state index in [9.17, 15) is 5.26 Å². The van der Waals surface area contributed by atoms with E-state index in [1.54, 1.807) is 0 Å². The fourth-order valence-corrected chi connectivity index (χ4v) is 3.17. The molecular weight excluding hydrogens is 246 g/mol. The summed E-state index contributed by atoms with van der Waals surface area (Å²) in [4.78, 5) is 2.49. The van der Waals surface area contributed by atoms with Crippen molar-refractivity contribution >= 4 is 10.9 Å². The van der Waals surface area contributed by atoms with Crippen LogP contribution in [0.15, 0.2) is 18.2 Å². The summed E-state index contributed by atoms with van der Waals surface area (Å²) in [6.07, 6.45) is 2.63. The van der Waals surface area contributed by atoms with Gasteiger partial charge in [-0.1, -0.05) is 6.07 Å². The minimum absolute atomic E-state index is 0.785. The van der Waals surface area contributed by atoms with Crippen molar-refractivity contribution in [1.82, 2.24) is 9.47 Å². The van der Waals surface area contributed by atoms with Crippen molar-refractivity contribution in [3.05, 3.63) is 35.0 Å². The Kier molecular flexibility index (Phi) is 3.50. The van der Waals surface area contributed by atoms with Crippen LogP contribution in [0.25, 0.3) is 10.9 Å². The van der Waals surface area contributed by atoms with Gasteiger partial charge >= 0.3 is 0 Å². The number of rotatable bonds is 3. The lowest BCUT2D eigenvalue weighted by Gasteiger charge is -2.16. The van der Waals surface area contributed by atoms with Crippen LogP contribution < -0.4 is 0 Å². The maximum absolute atomic E-state index is 9.39. The van der Waals surface area contributed by atoms with E-state index < -0.39 is 0 Å². The van der Waals surface area contributed by atoms with E-state index >= 15 is 0 Å². The molecule has 3 heteroatoms. The molecule has 0 unspecified atom stereocenters. The highest BCUT2D eigenvalue weighted by atomic mass is 15.2. The minimum Gasteiger partial charge on any atom is -0.331 e. The molecule has 1 aliphatic rings. The highest BCUT2D eigenvalue weighted by molar-refractivity contribution is 5.86. The summed E-state index contributed by atoms with van der Waals surface area (Å²) in [5, 5.41) is 10.6. The zero-order chi connectivity index (χ0) is 14.1. The number of hydrogen-bond acceptors (Lipinski definition) is 2. The van der Waals surface area contributed by atoms with Gasteiger partial charge < -0.3 is 9.47 Å². The van der Waals surface area contributed by atoms with E-state index in [0.717, 1.165) is 18.8 Å². The van der Waals surface area contributed by atoms with Crippen LogP contribution in [0.3, 0.4) is 0 Å². The molecule has 1 fully saturated rings. The molecule has 0 bridgehead atoms. The molecule has 1 aliphatic heterocycles. The number of aryl methyl sites for hydroxylation is 2. The Morgan fingerprint density at radius 3 is 2.60 bits per heavy atom. The topological polar surface area (TPSA) is 32.0 Å². The first-order valence-electron chi connectivity index (χ1n) is 7.42. The van der Waals surface area contributed by atoms with Crippen LogP contribution in [0.5, 0.6) is 0 Å². The van der Waals surface area contributed by atoms with E-state index in [1.807, 2.05) is 6.07 Å². The summed E-state index contributed by atoms with van der Waals surface area (Å²) in [7, 11) is 0. The van der Waals surface area contributed by atoms with Gasteiger partial charge in [0.25, 0.3) is 0 Å². The highest BCUT2D eigenvalue weighted by Crippen LogP contribution is 2.25. The highest BCUT2D eigenvalue weighted by Gasteiger charge is 2.14. The van der Waals surface area contributed by atoms with Crippen LogP contribution >= 0.6 is 0 Å². The van der Waals surface area contributed by atoms with Gasteiger partial charge in [-0.2, -0.15) is 5.26 Å². The first-order valence-corrected chi connectivity index (χ1v) is 7.42. The summed E-state index contributed by atoms with van der Waals surface area (Å²) in [5.74, 6) is 0. The molecule has 0 atom stereocenters. The van der Waals surface area contributed by atoms with Gasteiger partial charge in [-0.15, -0.1) is 0 Å². The largest absolute Gasteiger partial charge is 0.331 e. The van der Waals surface area contributed by atoms with Gasteiger partial charge in [0.2, 0.25) is 0 Å². The molecule has 0 radical (unpaired) electrons. The van der Waals surface area contributed by atoms with Crippen LogP contribution in [0.4, 0.5) is 0 Å². The number of hydrogen-bond donors (Lipinski definition) is 0. The van der Waals surface area contributed by atoms with Gasteiger partial charge in [0.1, 0.15) is 11.8 Å². The number of nitrogens with zero attached hydrogens (tertiary/aromatic N) is 3. The van der Waals surface area contributed by atoms with Crippen molar-refractivity contribution in [2.75, 3.05) is 19.6 Å². The van der Waals surface area contributed by atoms with E-state index in [-0.39, 0.29) is 0 Å². The molecule has 20 heavy (non-hydrogen) atoms. The lowest BCUT2D eigenvalue weighted by Crippen LogP contribution is -2.24. The molecule has 2 aromatic rings. The molecule has 0 saturated carbocycles. The van der Waals surface area contributed by atoms with Crippen molar-refractivity contribution in [1.29, 1.82) is 5.26 Å². The zero-order valence-corrected chi connectivity index (χ0v) is 12.3. The van der Waals surface area contributed by atoms with Crippen LogP contribution in [0.1, 0.15) is 29.7 Å². The van der Waals surface area contributed by atoms with E-state index in [2.05, 4.69) is 41.5 Å². The van der Waals surface area contributed by atoms with Crippen LogP contribution in [0, 0.1) is 25.2 Å². The summed E-state index contributed by atoms with van der Waals surface area (Å²) in [6, 6.07) is 8.71. The third-order valence-corrected chi connectivity index (χ3v) is 4.58. The molecule has 0 spiro atoms. The third kappa shape index (κ3) is 2.21. The maximum Gasteiger partial charge on any atom is 0.121 e. The Labute approximate surface area is 120 Å². The van der Waals surface area contributed by atoms with Crippen molar-refractivity contribution < 1.29 is 0 Å². The van der Waals surface area contributed by atoms with Gasteiger partial charge in [-0.25, -0.2) is 0 Å². The standard InChI is InChI=1S/C17H21N3/c1-13-5-6-17-16(14(13)2)11-15(12-18)20(17)10-9-19-7-3-4-8-19/h5-6,11H,3-4,7-10H2,1-2H3. The molecule has 3 rings (SSSR count). The number of benzene rings is 1. The molecule has 104 valence electrons. The minimum atomic E-state index is 0.785. The second-order valence-electron chi connectivity index (χ2n) is 5.78. The van der Waals surface area contributed by atoms with E-state index in [4.69, 9.17) is 0 Å². The predicted molar refractivity (Wildman–Crippen MR) is 81.8 cm³/mol. The smallest absolute Gasteiger partial charge is 0.121 e. The molecular formula is C17H21N3. The van der Waals surface area contributed by atoms with Gasteiger partial charge in [-0.3, -0.25) is 0 Å². The Bertz CT molecular complexity index is 670. The predicted octanol–water partition coefficient (Wildman–Crippen LogP) is 3.23. The monoisotopic (exact) mass is 267 g/mol. The van der Waals surface area contributed by atoms with E-state index in [1.165, 1.54) is 48.0 Å². The van der Waals surface area contributed by atoms with Crippen LogP contribution in [-0.4, -0.2) is 29.1 Å². The Morgan fingerprint density at radius 1 is 1.15 bits per heavy atom. The average Bonchev–Trinajstić information content (AvgIpc) is 3.08. The lowest BCUT2D eigenvalue weighted by molar-refractivity contribution is 0.324. The summed E-state index contributed by atoms with van der Waals surface area (Å²) in [5.41, 5.74) is 4.56. The molecule has 0 N–H and O–H groups in total. The zero-order valence-electron chi connectivity index (χ0n) is 12.3. The summed E-state index contributed by atoms with van der Waals surface area (Å²) in [6.45, 7) is 8.64. The first-order chi connectivity index (χ1) is 9.70. The van der Waals surface area contributed by atoms with E-state index in [0.29, 0.717) is 0 Å². The molecule has 0 aliphatic carbocycles. The molecule has 2 heterocycles. The normalized spacial score (nSPS) is 15.8. The Morgan fingerprint density at radius 2 is 1.90 bits per heavy atom. The summed E-state index contributed by atoms with van der Waals surface area (Å²) < 4.78 is 2.18. The molecule has 3 nitrogen and oxygen atoms in total. The van der Waals surface area contributed by atoms with Gasteiger partial charge in [0.15, 0.2) is 0 Å². The Hall–Kier alpha value is -1.79. The fourth-order valence-electron chi connectivity index (χ4n) is 3.17. The molecule has 1 aromatic carbocycles. The number of fused-ring (bicyclic) bond motifs is 1. The fraction of sp³-hybridized carbons (Fsp3) is 0.471. The lowest BCUT2D eigenvalue weighted by atomic mass is 10.1. The van der Waals surface area contributed by atoms with Crippen molar-refractivity contribution in [3.8, 4) is 6.07 Å². The second kappa shape index (κ2) is 5.30. The molecule has 1 aromatic heterocycles. The quantitative estimate of drug-likeness (QED) is 0.855. The van der Waals surface area contributed by atoms with Crippen LogP contribution in [-0.2, 0) is 6.54 Å². The molecule has 1 saturated heterocycles. The van der Waals surface area contributed by atoms with Crippen molar-refractivity contribution in [2.24, 2.45) is 0 Å². The van der Waals surface area contributed by atoms with Gasteiger partial charge in [-0.05, 0) is 63.0 Å². The average molecular weight is 267 g/mol. The number of nitriles is 1.